The normalized spacial score (nSPS) is 11.1. The van der Waals surface area contributed by atoms with Crippen molar-refractivity contribution >= 4 is 27.2 Å². The summed E-state index contributed by atoms with van der Waals surface area (Å²) >= 11 is 0. The van der Waals surface area contributed by atoms with Gasteiger partial charge in [-0.2, -0.15) is 0 Å². The van der Waals surface area contributed by atoms with Crippen molar-refractivity contribution in [2.45, 2.75) is 12.2 Å². The molecule has 2 N–H and O–H groups in total. The van der Waals surface area contributed by atoms with E-state index in [4.69, 9.17) is 0 Å². The van der Waals surface area contributed by atoms with E-state index in [0.29, 0.717) is 36.4 Å². The summed E-state index contributed by atoms with van der Waals surface area (Å²) in [7, 11) is -1.34. The van der Waals surface area contributed by atoms with Gasteiger partial charge in [-0.15, -0.1) is 0 Å². The van der Waals surface area contributed by atoms with Crippen molar-refractivity contribution in [3.63, 3.8) is 0 Å². The minimum absolute atomic E-state index is 0.0769. The van der Waals surface area contributed by atoms with Gasteiger partial charge in [0.05, 0.1) is 11.4 Å². The van der Waals surface area contributed by atoms with Crippen LogP contribution in [-0.4, -0.2) is 40.8 Å². The molecule has 146 valence electrons. The highest BCUT2D eigenvalue weighted by molar-refractivity contribution is 7.89. The molecule has 8 heteroatoms. The standard InChI is InChI=1S/C19H24FN3O3S/c1-23(18-10-4-3-9-17(18)20)12-6-11-21-19(24)22-16-8-5-7-15(13-16)14-27(2,25)26/h3-5,7-10,13H,6,11-12,14H2,1-2H3,(H2,21,22,24). The van der Waals surface area contributed by atoms with Crippen LogP contribution in [0.3, 0.4) is 0 Å². The Morgan fingerprint density at radius 2 is 1.89 bits per heavy atom. The molecule has 2 aromatic carbocycles. The van der Waals surface area contributed by atoms with E-state index in [1.165, 1.54) is 6.07 Å². The van der Waals surface area contributed by atoms with Crippen LogP contribution in [0, 0.1) is 5.82 Å². The summed E-state index contributed by atoms with van der Waals surface area (Å²) in [6.45, 7) is 1.01. The van der Waals surface area contributed by atoms with Gasteiger partial charge in [-0.25, -0.2) is 17.6 Å². The predicted octanol–water partition coefficient (Wildman–Crippen LogP) is 3.02. The summed E-state index contributed by atoms with van der Waals surface area (Å²) in [5, 5.41) is 5.41. The Morgan fingerprint density at radius 1 is 1.15 bits per heavy atom. The first-order valence-electron chi connectivity index (χ1n) is 8.52. The zero-order valence-electron chi connectivity index (χ0n) is 15.4. The maximum Gasteiger partial charge on any atom is 0.319 e. The summed E-state index contributed by atoms with van der Waals surface area (Å²) in [4.78, 5) is 13.8. The van der Waals surface area contributed by atoms with E-state index < -0.39 is 9.84 Å². The molecular weight excluding hydrogens is 369 g/mol. The molecule has 0 aliphatic heterocycles. The summed E-state index contributed by atoms with van der Waals surface area (Å²) < 4.78 is 36.4. The molecule has 6 nitrogen and oxygen atoms in total. The number of benzene rings is 2. The molecule has 27 heavy (non-hydrogen) atoms. The second kappa shape index (κ2) is 9.36. The largest absolute Gasteiger partial charge is 0.372 e. The van der Waals surface area contributed by atoms with Gasteiger partial charge in [0, 0.05) is 32.1 Å². The van der Waals surface area contributed by atoms with Gasteiger partial charge in [0.1, 0.15) is 5.82 Å². The highest BCUT2D eigenvalue weighted by atomic mass is 32.2. The van der Waals surface area contributed by atoms with Crippen molar-refractivity contribution in [1.29, 1.82) is 0 Å². The number of nitrogens with one attached hydrogen (secondary N) is 2. The van der Waals surface area contributed by atoms with Crippen molar-refractivity contribution < 1.29 is 17.6 Å². The Morgan fingerprint density at radius 3 is 2.59 bits per heavy atom. The number of hydrogen-bond acceptors (Lipinski definition) is 4. The van der Waals surface area contributed by atoms with Gasteiger partial charge in [-0.3, -0.25) is 0 Å². The fourth-order valence-electron chi connectivity index (χ4n) is 2.62. The molecular formula is C19H24FN3O3S. The summed E-state index contributed by atoms with van der Waals surface area (Å²) in [5.74, 6) is -0.355. The van der Waals surface area contributed by atoms with E-state index in [9.17, 15) is 17.6 Å². The molecule has 0 atom stereocenters. The van der Waals surface area contributed by atoms with Crippen LogP contribution in [0.4, 0.5) is 20.6 Å². The number of sulfone groups is 1. The number of halogens is 1. The number of amides is 2. The number of anilines is 2. The van der Waals surface area contributed by atoms with Crippen molar-refractivity contribution in [3.05, 3.63) is 59.9 Å². The maximum atomic E-state index is 13.7. The number of urea groups is 1. The molecule has 0 unspecified atom stereocenters. The molecule has 0 radical (unpaired) electrons. The highest BCUT2D eigenvalue weighted by Crippen LogP contribution is 2.17. The smallest absolute Gasteiger partial charge is 0.319 e. The molecule has 0 saturated carbocycles. The Hall–Kier alpha value is -2.61. The van der Waals surface area contributed by atoms with E-state index in [0.717, 1.165) is 6.26 Å². The summed E-state index contributed by atoms with van der Waals surface area (Å²) in [6, 6.07) is 12.9. The van der Waals surface area contributed by atoms with Crippen molar-refractivity contribution in [3.8, 4) is 0 Å². The summed E-state index contributed by atoms with van der Waals surface area (Å²) in [5.41, 5.74) is 1.66. The van der Waals surface area contributed by atoms with Gasteiger partial charge in [-0.1, -0.05) is 24.3 Å². The predicted molar refractivity (Wildman–Crippen MR) is 106 cm³/mol. The number of rotatable bonds is 8. The first kappa shape index (κ1) is 20.7. The Kier molecular flexibility index (Phi) is 7.18. The van der Waals surface area contributed by atoms with Crippen LogP contribution < -0.4 is 15.5 Å². The fraction of sp³-hybridized carbons (Fsp3) is 0.316. The monoisotopic (exact) mass is 393 g/mol. The second-order valence-electron chi connectivity index (χ2n) is 6.38. The van der Waals surface area contributed by atoms with E-state index in [1.807, 2.05) is 0 Å². The maximum absolute atomic E-state index is 13.7. The average Bonchev–Trinajstić information content (AvgIpc) is 2.57. The van der Waals surface area contributed by atoms with Gasteiger partial charge < -0.3 is 15.5 Å². The summed E-state index contributed by atoms with van der Waals surface area (Å²) in [6.07, 6.45) is 1.81. The van der Waals surface area contributed by atoms with E-state index in [-0.39, 0.29) is 17.6 Å². The SMILES string of the molecule is CN(CCCNC(=O)Nc1cccc(CS(C)(=O)=O)c1)c1ccccc1F. The van der Waals surface area contributed by atoms with Gasteiger partial charge in [-0.05, 0) is 36.2 Å². The van der Waals surface area contributed by atoms with E-state index in [1.54, 1.807) is 54.4 Å². The molecule has 0 fully saturated rings. The minimum Gasteiger partial charge on any atom is -0.372 e. The first-order valence-corrected chi connectivity index (χ1v) is 10.6. The van der Waals surface area contributed by atoms with Crippen molar-refractivity contribution in [2.24, 2.45) is 0 Å². The fourth-order valence-corrected chi connectivity index (χ4v) is 3.40. The molecule has 0 spiro atoms. The Labute approximate surface area is 159 Å². The molecule has 2 aromatic rings. The van der Waals surface area contributed by atoms with Crippen molar-refractivity contribution in [2.75, 3.05) is 36.6 Å². The van der Waals surface area contributed by atoms with E-state index in [2.05, 4.69) is 10.6 Å². The van der Waals surface area contributed by atoms with Crippen LogP contribution in [0.15, 0.2) is 48.5 Å². The molecule has 2 amide bonds. The molecule has 0 bridgehead atoms. The van der Waals surface area contributed by atoms with Crippen LogP contribution in [0.5, 0.6) is 0 Å². The average molecular weight is 393 g/mol. The van der Waals surface area contributed by atoms with Crippen LogP contribution in [-0.2, 0) is 15.6 Å². The lowest BCUT2D eigenvalue weighted by atomic mass is 10.2. The lowest BCUT2D eigenvalue weighted by Gasteiger charge is -2.19. The van der Waals surface area contributed by atoms with Crippen LogP contribution >= 0.6 is 0 Å². The third-order valence-corrected chi connectivity index (χ3v) is 4.69. The molecule has 0 aliphatic rings. The zero-order valence-corrected chi connectivity index (χ0v) is 16.2. The third kappa shape index (κ3) is 7.26. The number of nitrogens with zero attached hydrogens (tertiary/aromatic N) is 1. The second-order valence-corrected chi connectivity index (χ2v) is 8.52. The lowest BCUT2D eigenvalue weighted by Crippen LogP contribution is -2.31. The molecule has 0 heterocycles. The number of hydrogen-bond donors (Lipinski definition) is 2. The Balaban J connectivity index is 1.77. The topological polar surface area (TPSA) is 78.5 Å². The number of carbonyl (C=O) groups excluding carboxylic acids is 1. The third-order valence-electron chi connectivity index (χ3n) is 3.83. The van der Waals surface area contributed by atoms with E-state index >= 15 is 0 Å². The molecule has 0 aliphatic carbocycles. The van der Waals surface area contributed by atoms with Gasteiger partial charge >= 0.3 is 6.03 Å². The molecule has 0 aromatic heterocycles. The van der Waals surface area contributed by atoms with Gasteiger partial charge in [0.15, 0.2) is 9.84 Å². The highest BCUT2D eigenvalue weighted by Gasteiger charge is 2.08. The zero-order chi connectivity index (χ0) is 19.9. The minimum atomic E-state index is -3.13. The number of para-hydroxylation sites is 1. The van der Waals surface area contributed by atoms with Crippen LogP contribution in [0.2, 0.25) is 0 Å². The lowest BCUT2D eigenvalue weighted by molar-refractivity contribution is 0.252. The first-order chi connectivity index (χ1) is 12.7. The van der Waals surface area contributed by atoms with Crippen LogP contribution in [0.25, 0.3) is 0 Å². The van der Waals surface area contributed by atoms with Gasteiger partial charge in [0.25, 0.3) is 0 Å². The van der Waals surface area contributed by atoms with Gasteiger partial charge in [0.2, 0.25) is 0 Å². The quantitative estimate of drug-likeness (QED) is 0.676. The van der Waals surface area contributed by atoms with Crippen LogP contribution in [0.1, 0.15) is 12.0 Å². The number of carbonyl (C=O) groups is 1. The molecule has 0 saturated heterocycles. The van der Waals surface area contributed by atoms with Crippen molar-refractivity contribution in [1.82, 2.24) is 5.32 Å². The molecule has 2 rings (SSSR count). The Bertz CT molecular complexity index is 887.